The molecule has 1 unspecified atom stereocenters. The van der Waals surface area contributed by atoms with Crippen molar-refractivity contribution in [1.29, 1.82) is 0 Å². The summed E-state index contributed by atoms with van der Waals surface area (Å²) in [6.07, 6.45) is 0.846. The highest BCUT2D eigenvalue weighted by atomic mass is 16.5. The zero-order valence-electron chi connectivity index (χ0n) is 11.0. The third-order valence-electron chi connectivity index (χ3n) is 3.12. The molecule has 19 heavy (non-hydrogen) atoms. The lowest BCUT2D eigenvalue weighted by Crippen LogP contribution is -2.46. The molecule has 0 aromatic heterocycles. The third kappa shape index (κ3) is 3.57. The van der Waals surface area contributed by atoms with E-state index >= 15 is 0 Å². The molecule has 1 aromatic rings. The predicted octanol–water partition coefficient (Wildman–Crippen LogP) is 0.906. The molecule has 4 heteroatoms. The lowest BCUT2D eigenvalue weighted by atomic mass is 10.0. The first-order valence-electron chi connectivity index (χ1n) is 6.32. The Balaban J connectivity index is 2.03. The molecule has 0 bridgehead atoms. The van der Waals surface area contributed by atoms with Gasteiger partial charge in [-0.3, -0.25) is 4.79 Å². The van der Waals surface area contributed by atoms with Crippen LogP contribution in [0.4, 0.5) is 0 Å². The van der Waals surface area contributed by atoms with E-state index in [1.807, 2.05) is 19.1 Å². The Morgan fingerprint density at radius 2 is 2.21 bits per heavy atom. The molecule has 1 heterocycles. The van der Waals surface area contributed by atoms with Crippen LogP contribution in [0.15, 0.2) is 24.3 Å². The second-order valence-corrected chi connectivity index (χ2v) is 4.90. The summed E-state index contributed by atoms with van der Waals surface area (Å²) in [4.78, 5) is 12.1. The Kier molecular flexibility index (Phi) is 4.20. The Morgan fingerprint density at radius 1 is 1.47 bits per heavy atom. The maximum absolute atomic E-state index is 12.1. The van der Waals surface area contributed by atoms with Gasteiger partial charge in [0.2, 0.25) is 0 Å². The second kappa shape index (κ2) is 5.87. The Labute approximate surface area is 113 Å². The van der Waals surface area contributed by atoms with E-state index in [9.17, 15) is 4.79 Å². The van der Waals surface area contributed by atoms with Crippen LogP contribution in [0, 0.1) is 11.8 Å². The lowest BCUT2D eigenvalue weighted by molar-refractivity contribution is 0.0890. The van der Waals surface area contributed by atoms with Crippen LogP contribution >= 0.6 is 0 Å². The number of ether oxygens (including phenoxy) is 1. The van der Waals surface area contributed by atoms with Crippen molar-refractivity contribution < 1.29 is 9.53 Å². The van der Waals surface area contributed by atoms with Gasteiger partial charge in [-0.05, 0) is 37.6 Å². The molecular weight excluding hydrogens is 240 g/mol. The van der Waals surface area contributed by atoms with Crippen molar-refractivity contribution in [2.24, 2.45) is 5.73 Å². The van der Waals surface area contributed by atoms with Crippen molar-refractivity contribution in [3.63, 3.8) is 0 Å². The second-order valence-electron chi connectivity index (χ2n) is 4.90. The van der Waals surface area contributed by atoms with Gasteiger partial charge >= 0.3 is 0 Å². The summed E-state index contributed by atoms with van der Waals surface area (Å²) in [7, 11) is 0. The van der Waals surface area contributed by atoms with E-state index in [0.717, 1.165) is 12.0 Å². The Morgan fingerprint density at radius 3 is 2.79 bits per heavy atom. The van der Waals surface area contributed by atoms with Crippen LogP contribution < -0.4 is 11.1 Å². The van der Waals surface area contributed by atoms with E-state index in [2.05, 4.69) is 17.2 Å². The summed E-state index contributed by atoms with van der Waals surface area (Å²) < 4.78 is 5.32. The predicted molar refractivity (Wildman–Crippen MR) is 73.7 cm³/mol. The van der Waals surface area contributed by atoms with Crippen molar-refractivity contribution in [2.45, 2.75) is 18.9 Å². The molecule has 1 fully saturated rings. The van der Waals surface area contributed by atoms with Gasteiger partial charge in [0.15, 0.2) is 0 Å². The maximum atomic E-state index is 12.1. The average molecular weight is 258 g/mol. The number of benzene rings is 1. The van der Waals surface area contributed by atoms with Crippen molar-refractivity contribution in [1.82, 2.24) is 5.32 Å². The zero-order chi connectivity index (χ0) is 13.7. The number of nitrogens with one attached hydrogen (secondary N) is 1. The number of hydrogen-bond donors (Lipinski definition) is 2. The quantitative estimate of drug-likeness (QED) is 0.775. The number of carbonyl (C=O) groups is 1. The molecule has 100 valence electrons. The van der Waals surface area contributed by atoms with Crippen LogP contribution in [0.5, 0.6) is 0 Å². The van der Waals surface area contributed by atoms with Crippen LogP contribution in [-0.2, 0) is 4.74 Å². The monoisotopic (exact) mass is 258 g/mol. The normalized spacial score (nSPS) is 21.6. The smallest absolute Gasteiger partial charge is 0.251 e. The molecule has 0 saturated carbocycles. The maximum Gasteiger partial charge on any atom is 0.251 e. The Bertz CT molecular complexity index is 505. The molecule has 3 N–H and O–H groups in total. The van der Waals surface area contributed by atoms with E-state index in [1.54, 1.807) is 12.1 Å². The highest BCUT2D eigenvalue weighted by Gasteiger charge is 2.31. The first kappa shape index (κ1) is 13.6. The first-order valence-corrected chi connectivity index (χ1v) is 6.32. The average Bonchev–Trinajstić information content (AvgIpc) is 2.83. The van der Waals surface area contributed by atoms with E-state index in [0.29, 0.717) is 25.3 Å². The van der Waals surface area contributed by atoms with Crippen LogP contribution in [0.1, 0.15) is 29.3 Å². The zero-order valence-corrected chi connectivity index (χ0v) is 11.0. The first-order chi connectivity index (χ1) is 9.13. The molecule has 0 radical (unpaired) electrons. The molecule has 4 nitrogen and oxygen atoms in total. The molecule has 1 aliphatic rings. The minimum absolute atomic E-state index is 0.0775. The van der Waals surface area contributed by atoms with Crippen molar-refractivity contribution in [3.8, 4) is 11.8 Å². The standard InChI is InChI=1S/C15H18N2O2/c1-15(8-10-19-11-15)17-14(18)13-6-4-12(5-7-13)3-2-9-16/h4-7H,8-11,16H2,1H3,(H,17,18). The van der Waals surface area contributed by atoms with Crippen molar-refractivity contribution in [2.75, 3.05) is 19.8 Å². The molecule has 1 saturated heterocycles. The number of amides is 1. The number of nitrogens with two attached hydrogens (primary N) is 1. The molecule has 1 amide bonds. The van der Waals surface area contributed by atoms with Crippen molar-refractivity contribution >= 4 is 5.91 Å². The largest absolute Gasteiger partial charge is 0.379 e. The molecule has 1 atom stereocenters. The van der Waals surface area contributed by atoms with Crippen LogP contribution in [0.25, 0.3) is 0 Å². The van der Waals surface area contributed by atoms with Gasteiger partial charge in [-0.25, -0.2) is 0 Å². The van der Waals surface area contributed by atoms with Gasteiger partial charge in [0.05, 0.1) is 18.7 Å². The van der Waals surface area contributed by atoms with E-state index in [1.165, 1.54) is 0 Å². The molecule has 0 aliphatic carbocycles. The number of rotatable bonds is 2. The van der Waals surface area contributed by atoms with Gasteiger partial charge in [0.25, 0.3) is 5.91 Å². The highest BCUT2D eigenvalue weighted by Crippen LogP contribution is 2.18. The summed E-state index contributed by atoms with van der Waals surface area (Å²) in [5, 5.41) is 3.01. The highest BCUT2D eigenvalue weighted by molar-refractivity contribution is 5.94. The molecule has 1 aromatic carbocycles. The summed E-state index contributed by atoms with van der Waals surface area (Å²) in [6.45, 7) is 3.60. The molecule has 0 spiro atoms. The van der Waals surface area contributed by atoms with Crippen LogP contribution in [0.2, 0.25) is 0 Å². The summed E-state index contributed by atoms with van der Waals surface area (Å²) in [5.74, 6) is 5.63. The van der Waals surface area contributed by atoms with Gasteiger partial charge in [-0.1, -0.05) is 11.8 Å². The Hall–Kier alpha value is -1.83. The minimum atomic E-state index is -0.255. The molecule has 2 rings (SSSR count). The van der Waals surface area contributed by atoms with Gasteiger partial charge in [-0.2, -0.15) is 0 Å². The number of carbonyl (C=O) groups excluding carboxylic acids is 1. The van der Waals surface area contributed by atoms with E-state index in [4.69, 9.17) is 10.5 Å². The van der Waals surface area contributed by atoms with Gasteiger partial charge in [0.1, 0.15) is 0 Å². The lowest BCUT2D eigenvalue weighted by Gasteiger charge is -2.23. The van der Waals surface area contributed by atoms with Crippen molar-refractivity contribution in [3.05, 3.63) is 35.4 Å². The fraction of sp³-hybridized carbons (Fsp3) is 0.400. The topological polar surface area (TPSA) is 64.4 Å². The van der Waals surface area contributed by atoms with E-state index in [-0.39, 0.29) is 11.4 Å². The fourth-order valence-electron chi connectivity index (χ4n) is 1.97. The van der Waals surface area contributed by atoms with Gasteiger partial charge in [-0.15, -0.1) is 0 Å². The van der Waals surface area contributed by atoms with E-state index < -0.39 is 0 Å². The summed E-state index contributed by atoms with van der Waals surface area (Å²) >= 11 is 0. The van der Waals surface area contributed by atoms with Crippen LogP contribution in [0.3, 0.4) is 0 Å². The molecular formula is C15H18N2O2. The summed E-state index contributed by atoms with van der Waals surface area (Å²) in [5.41, 5.74) is 6.55. The third-order valence-corrected chi connectivity index (χ3v) is 3.12. The van der Waals surface area contributed by atoms with Crippen LogP contribution in [-0.4, -0.2) is 31.2 Å². The van der Waals surface area contributed by atoms with Gasteiger partial charge in [0, 0.05) is 17.7 Å². The number of hydrogen-bond acceptors (Lipinski definition) is 3. The fourth-order valence-corrected chi connectivity index (χ4v) is 1.97. The molecule has 1 aliphatic heterocycles. The summed E-state index contributed by atoms with van der Waals surface area (Å²) in [6, 6.07) is 7.19. The SMILES string of the molecule is CC1(NC(=O)c2ccc(C#CCN)cc2)CCOC1. The van der Waals surface area contributed by atoms with Gasteiger partial charge < -0.3 is 15.8 Å². The minimum Gasteiger partial charge on any atom is -0.379 e.